The first-order valence-electron chi connectivity index (χ1n) is 5.28. The number of halogens is 7. The Hall–Kier alpha value is -1.64. The van der Waals surface area contributed by atoms with Crippen LogP contribution in [0.4, 0.5) is 31.1 Å². The third-order valence-electron chi connectivity index (χ3n) is 2.66. The number of alkyl halides is 5. The number of hydrogen-bond donors (Lipinski definition) is 1. The van der Waals surface area contributed by atoms with Crippen molar-refractivity contribution in [3.63, 3.8) is 0 Å². The van der Waals surface area contributed by atoms with Crippen molar-refractivity contribution in [2.75, 3.05) is 6.61 Å². The first kappa shape index (κ1) is 17.4. The van der Waals surface area contributed by atoms with Crippen molar-refractivity contribution in [3.05, 3.63) is 35.1 Å². The highest BCUT2D eigenvalue weighted by Gasteiger charge is 2.47. The molecule has 1 amide bonds. The minimum absolute atomic E-state index is 0. The van der Waals surface area contributed by atoms with Gasteiger partial charge in [-0.2, -0.15) is 13.2 Å². The van der Waals surface area contributed by atoms with Gasteiger partial charge in [-0.05, 0) is 23.8 Å². The maximum atomic E-state index is 13.5. The average molecular weight is 336 g/mol. The van der Waals surface area contributed by atoms with Crippen LogP contribution in [0.15, 0.2) is 18.2 Å². The SMILES string of the molecule is Cl.O=C1N[C@H](c2cc(F)cc(C(F)(F)F)c2)C(F)(F)CO1. The number of nitrogens with one attached hydrogen (secondary N) is 1. The molecule has 3 nitrogen and oxygen atoms in total. The van der Waals surface area contributed by atoms with Gasteiger partial charge in [-0.3, -0.25) is 0 Å². The number of hydrogen-bond acceptors (Lipinski definition) is 2. The second kappa shape index (κ2) is 5.63. The molecule has 21 heavy (non-hydrogen) atoms. The summed E-state index contributed by atoms with van der Waals surface area (Å²) in [7, 11) is 0. The van der Waals surface area contributed by atoms with Crippen LogP contribution >= 0.6 is 12.4 Å². The highest BCUT2D eigenvalue weighted by molar-refractivity contribution is 5.85. The Balaban J connectivity index is 0.00000220. The average Bonchev–Trinajstić information content (AvgIpc) is 2.30. The van der Waals surface area contributed by atoms with E-state index in [1.54, 1.807) is 5.32 Å². The number of alkyl carbamates (subject to hydrolysis) is 1. The van der Waals surface area contributed by atoms with E-state index in [-0.39, 0.29) is 18.5 Å². The van der Waals surface area contributed by atoms with Crippen molar-refractivity contribution < 1.29 is 35.9 Å². The summed E-state index contributed by atoms with van der Waals surface area (Å²) in [5.74, 6) is -4.98. The molecule has 1 aliphatic heterocycles. The third kappa shape index (κ3) is 3.72. The summed E-state index contributed by atoms with van der Waals surface area (Å²) in [6.45, 7) is -1.29. The number of cyclic esters (lactones) is 1. The summed E-state index contributed by atoms with van der Waals surface area (Å²) in [5.41, 5.74) is -2.09. The predicted octanol–water partition coefficient (Wildman–Crippen LogP) is 3.68. The van der Waals surface area contributed by atoms with E-state index in [1.165, 1.54) is 0 Å². The highest BCUT2D eigenvalue weighted by Crippen LogP contribution is 2.37. The number of ether oxygens (including phenoxy) is 1. The molecule has 1 atom stereocenters. The fourth-order valence-electron chi connectivity index (χ4n) is 1.78. The molecule has 0 spiro atoms. The lowest BCUT2D eigenvalue weighted by atomic mass is 9.98. The van der Waals surface area contributed by atoms with Crippen molar-refractivity contribution in [3.8, 4) is 0 Å². The van der Waals surface area contributed by atoms with Crippen LogP contribution in [0.1, 0.15) is 17.2 Å². The summed E-state index contributed by atoms with van der Waals surface area (Å²) < 4.78 is 81.9. The molecule has 118 valence electrons. The highest BCUT2D eigenvalue weighted by atomic mass is 35.5. The van der Waals surface area contributed by atoms with Crippen LogP contribution in [0.25, 0.3) is 0 Å². The third-order valence-corrected chi connectivity index (χ3v) is 2.66. The fourth-order valence-corrected chi connectivity index (χ4v) is 1.78. The second-order valence-corrected chi connectivity index (χ2v) is 4.19. The minimum Gasteiger partial charge on any atom is -0.443 e. The van der Waals surface area contributed by atoms with Gasteiger partial charge in [-0.15, -0.1) is 12.4 Å². The van der Waals surface area contributed by atoms with Crippen LogP contribution in [0, 0.1) is 5.82 Å². The zero-order valence-corrected chi connectivity index (χ0v) is 10.8. The fraction of sp³-hybridized carbons (Fsp3) is 0.364. The molecule has 0 radical (unpaired) electrons. The molecule has 2 rings (SSSR count). The Kier molecular flexibility index (Phi) is 4.66. The van der Waals surface area contributed by atoms with E-state index < -0.39 is 47.8 Å². The molecule has 1 fully saturated rings. The molecule has 1 heterocycles. The minimum atomic E-state index is -4.89. The van der Waals surface area contributed by atoms with Crippen molar-refractivity contribution in [1.29, 1.82) is 0 Å². The van der Waals surface area contributed by atoms with E-state index in [4.69, 9.17) is 0 Å². The quantitative estimate of drug-likeness (QED) is 0.795. The van der Waals surface area contributed by atoms with Crippen molar-refractivity contribution in [2.24, 2.45) is 0 Å². The van der Waals surface area contributed by atoms with E-state index in [9.17, 15) is 31.1 Å². The lowest BCUT2D eigenvalue weighted by Gasteiger charge is -2.32. The van der Waals surface area contributed by atoms with Crippen molar-refractivity contribution in [1.82, 2.24) is 5.32 Å². The molecular weight excluding hydrogens is 328 g/mol. The molecule has 1 aliphatic rings. The van der Waals surface area contributed by atoms with Gasteiger partial charge in [0.1, 0.15) is 11.9 Å². The molecule has 0 aliphatic carbocycles. The van der Waals surface area contributed by atoms with E-state index in [0.717, 1.165) is 0 Å². The number of rotatable bonds is 1. The maximum Gasteiger partial charge on any atom is 0.416 e. The Bertz CT molecular complexity index is 548. The molecule has 1 saturated heterocycles. The largest absolute Gasteiger partial charge is 0.443 e. The zero-order chi connectivity index (χ0) is 15.1. The first-order chi connectivity index (χ1) is 9.09. The van der Waals surface area contributed by atoms with Crippen LogP contribution < -0.4 is 5.32 Å². The smallest absolute Gasteiger partial charge is 0.416 e. The van der Waals surface area contributed by atoms with Gasteiger partial charge in [-0.25, -0.2) is 18.0 Å². The van der Waals surface area contributed by atoms with E-state index in [1.807, 2.05) is 0 Å². The lowest BCUT2D eigenvalue weighted by molar-refractivity contribution is -0.138. The topological polar surface area (TPSA) is 38.3 Å². The normalized spacial score (nSPS) is 21.0. The molecule has 0 saturated carbocycles. The van der Waals surface area contributed by atoms with Gasteiger partial charge in [-0.1, -0.05) is 0 Å². The van der Waals surface area contributed by atoms with Gasteiger partial charge < -0.3 is 10.1 Å². The maximum absolute atomic E-state index is 13.5. The number of benzene rings is 1. The van der Waals surface area contributed by atoms with E-state index >= 15 is 0 Å². The molecule has 1 aromatic carbocycles. The second-order valence-electron chi connectivity index (χ2n) is 4.19. The summed E-state index contributed by atoms with van der Waals surface area (Å²) in [5, 5.41) is 1.68. The molecule has 0 unspecified atom stereocenters. The molecule has 1 N–H and O–H groups in total. The Morgan fingerprint density at radius 1 is 1.24 bits per heavy atom. The van der Waals surface area contributed by atoms with Crippen LogP contribution in [0.3, 0.4) is 0 Å². The Morgan fingerprint density at radius 3 is 2.43 bits per heavy atom. The predicted molar refractivity (Wildman–Crippen MR) is 60.8 cm³/mol. The first-order valence-corrected chi connectivity index (χ1v) is 5.28. The molecule has 10 heteroatoms. The Morgan fingerprint density at radius 2 is 1.86 bits per heavy atom. The number of carbonyl (C=O) groups is 1. The van der Waals surface area contributed by atoms with E-state index in [0.29, 0.717) is 12.1 Å². The molecular formula is C11H8ClF6NO2. The molecule has 0 aromatic heterocycles. The van der Waals surface area contributed by atoms with Crippen LogP contribution in [0.2, 0.25) is 0 Å². The van der Waals surface area contributed by atoms with Gasteiger partial charge in [0.25, 0.3) is 0 Å². The summed E-state index contributed by atoms with van der Waals surface area (Å²) in [4.78, 5) is 10.9. The van der Waals surface area contributed by atoms with Gasteiger partial charge in [0, 0.05) is 0 Å². The standard InChI is InChI=1S/C11H7F6NO2.ClH/c12-7-2-5(1-6(3-7)11(15,16)17)8-10(13,14)4-20-9(19)18-8;/h1-3,8H,4H2,(H,18,19);1H/t8-;/m1./s1. The Labute approximate surface area is 120 Å². The summed E-state index contributed by atoms with van der Waals surface area (Å²) in [6, 6.07) is -1.02. The lowest BCUT2D eigenvalue weighted by Crippen LogP contribution is -2.49. The summed E-state index contributed by atoms with van der Waals surface area (Å²) in [6.07, 6.45) is -6.10. The van der Waals surface area contributed by atoms with Crippen LogP contribution in [0.5, 0.6) is 0 Å². The van der Waals surface area contributed by atoms with Crippen LogP contribution in [-0.2, 0) is 10.9 Å². The zero-order valence-electron chi connectivity index (χ0n) is 10.0. The number of amides is 1. The summed E-state index contributed by atoms with van der Waals surface area (Å²) >= 11 is 0. The van der Waals surface area contributed by atoms with E-state index in [2.05, 4.69) is 4.74 Å². The van der Waals surface area contributed by atoms with Crippen LogP contribution in [-0.4, -0.2) is 18.6 Å². The molecule has 1 aromatic rings. The van der Waals surface area contributed by atoms with Crippen molar-refractivity contribution in [2.45, 2.75) is 18.1 Å². The monoisotopic (exact) mass is 335 g/mol. The number of carbonyl (C=O) groups excluding carboxylic acids is 1. The van der Waals surface area contributed by atoms with Gasteiger partial charge in [0.05, 0.1) is 5.56 Å². The van der Waals surface area contributed by atoms with Gasteiger partial charge >= 0.3 is 18.2 Å². The van der Waals surface area contributed by atoms with Crippen molar-refractivity contribution >= 4 is 18.5 Å². The van der Waals surface area contributed by atoms with Gasteiger partial charge in [0.2, 0.25) is 0 Å². The molecule has 0 bridgehead atoms. The van der Waals surface area contributed by atoms with Gasteiger partial charge in [0.15, 0.2) is 6.61 Å².